The molecule has 0 spiro atoms. The Bertz CT molecular complexity index is 2020. The zero-order chi connectivity index (χ0) is 75.1. The highest BCUT2D eigenvalue weighted by Gasteiger charge is 2.42. The molecule has 25 heteroatoms. The van der Waals surface area contributed by atoms with Crippen LogP contribution in [-0.4, -0.2) is 284 Å². The molecule has 19 nitrogen and oxygen atoms in total. The van der Waals surface area contributed by atoms with Gasteiger partial charge in [0.2, 0.25) is 15.3 Å². The highest BCUT2D eigenvalue weighted by molar-refractivity contribution is 8.14. The molecule has 8 atom stereocenters. The van der Waals surface area contributed by atoms with Crippen molar-refractivity contribution < 1.29 is 60.4 Å². The second-order valence-electron chi connectivity index (χ2n) is 29.0. The topological polar surface area (TPSA) is 135 Å². The molecule has 0 saturated heterocycles. The highest BCUT2D eigenvalue weighted by atomic mass is 32.2. The van der Waals surface area contributed by atoms with E-state index in [1.54, 1.807) is 0 Å². The van der Waals surface area contributed by atoms with Gasteiger partial charge < -0.3 is 46.0 Å². The fourth-order valence-corrected chi connectivity index (χ4v) is 22.9. The summed E-state index contributed by atoms with van der Waals surface area (Å²) in [5, 5.41) is 0.669. The van der Waals surface area contributed by atoms with Crippen LogP contribution in [0.3, 0.4) is 0 Å². The van der Waals surface area contributed by atoms with E-state index in [4.69, 9.17) is 32.5 Å². The lowest BCUT2D eigenvalue weighted by Crippen LogP contribution is -2.50. The van der Waals surface area contributed by atoms with Crippen LogP contribution in [0.4, 0.5) is 0 Å². The van der Waals surface area contributed by atoms with Crippen molar-refractivity contribution in [3.63, 3.8) is 0 Å². The molecule has 0 aromatic rings. The van der Waals surface area contributed by atoms with Crippen molar-refractivity contribution in [1.29, 1.82) is 0 Å². The van der Waals surface area contributed by atoms with Crippen LogP contribution in [0.1, 0.15) is 233 Å². The van der Waals surface area contributed by atoms with Crippen LogP contribution < -0.4 is 0 Å². The first-order chi connectivity index (χ1) is 46.1. The number of quaternary nitrogens is 3. The number of hydrogen-bond donors (Lipinski definition) is 0. The van der Waals surface area contributed by atoms with Gasteiger partial charge in [0, 0.05) is 96.4 Å². The van der Waals surface area contributed by atoms with Crippen molar-refractivity contribution in [1.82, 2.24) is 28.0 Å². The van der Waals surface area contributed by atoms with Crippen LogP contribution in [0.2, 0.25) is 0 Å². The van der Waals surface area contributed by atoms with Gasteiger partial charge in [-0.1, -0.05) is 35.3 Å². The standard InChI is InChI=1S/C73H157N9O10P3S3/c1-31-80(32-2,33-3)53-70(83)96-50-47-86-45-46-90-95(79(65(25)26)69(30)44-42-67(28)77(63(21)22)94(75(60(15)16)61(17)18)92-57-87-48-51-97-71(84)54-81(34-4,35-5)36-6)78(64(23)24)68(29)43-41-66(27)76(62(19)20)93(74(58(11)12)59(13)14)91-56-73(88-40-10)89-49-52-98-72(85)55-82(37-7,38-8)39-9/h58-69,73H,31-57H2,1-30H3/q+3. The summed E-state index contributed by atoms with van der Waals surface area (Å²) >= 11 is 4.15. The lowest BCUT2D eigenvalue weighted by molar-refractivity contribution is -0.915. The van der Waals surface area contributed by atoms with Crippen LogP contribution in [0.25, 0.3) is 0 Å². The Labute approximate surface area is 621 Å². The van der Waals surface area contributed by atoms with E-state index in [9.17, 15) is 14.4 Å². The van der Waals surface area contributed by atoms with E-state index in [-0.39, 0.29) is 101 Å². The Hall–Kier alpha value is 0.710. The third kappa shape index (κ3) is 35.2. The Morgan fingerprint density at radius 2 is 0.602 bits per heavy atom. The van der Waals surface area contributed by atoms with Crippen molar-refractivity contribution >= 4 is 76.0 Å². The third-order valence-corrected chi connectivity index (χ3v) is 30.9. The predicted molar refractivity (Wildman–Crippen MR) is 428 cm³/mol. The minimum absolute atomic E-state index is 0.159. The van der Waals surface area contributed by atoms with E-state index in [0.717, 1.165) is 98.0 Å². The van der Waals surface area contributed by atoms with Gasteiger partial charge in [-0.15, -0.1) is 0 Å². The predicted octanol–water partition coefficient (Wildman–Crippen LogP) is 16.7. The molecule has 0 bridgehead atoms. The summed E-state index contributed by atoms with van der Waals surface area (Å²) in [7, 11) is -3.82. The van der Waals surface area contributed by atoms with Crippen molar-refractivity contribution in [3.8, 4) is 0 Å². The number of hydrogen-bond acceptors (Lipinski definition) is 19. The quantitative estimate of drug-likeness (QED) is 0.0247. The Morgan fingerprint density at radius 3 is 0.888 bits per heavy atom. The summed E-state index contributed by atoms with van der Waals surface area (Å²) in [5.74, 6) is 1.80. The van der Waals surface area contributed by atoms with Gasteiger partial charge in [0.25, 0.3) is 0 Å². The molecule has 584 valence electrons. The molecule has 0 aliphatic carbocycles. The molecule has 98 heavy (non-hydrogen) atoms. The van der Waals surface area contributed by atoms with Crippen molar-refractivity contribution in [2.75, 3.05) is 149 Å². The molecule has 0 aromatic heterocycles. The van der Waals surface area contributed by atoms with Crippen LogP contribution in [-0.2, 0) is 46.9 Å². The largest absolute Gasteiger partial charge is 0.378 e. The van der Waals surface area contributed by atoms with Gasteiger partial charge in [0.15, 0.2) is 38.4 Å². The number of carbonyl (C=O) groups excluding carboxylic acids is 3. The van der Waals surface area contributed by atoms with Gasteiger partial charge in [-0.2, -0.15) is 0 Å². The molecule has 8 unspecified atom stereocenters. The molecular weight excluding hydrogens is 1350 g/mol. The zero-order valence-electron chi connectivity index (χ0n) is 68.8. The number of thioether (sulfide) groups is 3. The molecule has 0 aliphatic rings. The molecular formula is C73H157N9O10P3S3+3. The zero-order valence-corrected chi connectivity index (χ0v) is 73.9. The maximum Gasteiger partial charge on any atom is 0.243 e. The number of ether oxygens (including phenoxy) is 4. The molecule has 0 saturated carbocycles. The van der Waals surface area contributed by atoms with E-state index in [2.05, 4.69) is 229 Å². The van der Waals surface area contributed by atoms with Crippen molar-refractivity contribution in [2.24, 2.45) is 0 Å². The van der Waals surface area contributed by atoms with Crippen LogP contribution in [0.5, 0.6) is 0 Å². The lowest BCUT2D eigenvalue weighted by atomic mass is 10.1. The summed E-state index contributed by atoms with van der Waals surface area (Å²) in [6.45, 7) is 81.1. The van der Waals surface area contributed by atoms with Crippen molar-refractivity contribution in [3.05, 3.63) is 0 Å². The number of carbonyl (C=O) groups is 3. The fourth-order valence-electron chi connectivity index (χ4n) is 13.4. The third-order valence-electron chi connectivity index (χ3n) is 19.7. The van der Waals surface area contributed by atoms with Gasteiger partial charge in [-0.25, -0.2) is 28.0 Å². The molecule has 0 radical (unpaired) electrons. The summed E-state index contributed by atoms with van der Waals surface area (Å²) < 4.78 is 64.7. The summed E-state index contributed by atoms with van der Waals surface area (Å²) in [4.78, 5) is 39.5. The first-order valence-corrected chi connectivity index (χ1v) is 45.0. The van der Waals surface area contributed by atoms with Crippen molar-refractivity contribution in [2.45, 2.75) is 312 Å². The van der Waals surface area contributed by atoms with Gasteiger partial charge in [0.1, 0.15) is 26.2 Å². The molecule has 0 N–H and O–H groups in total. The van der Waals surface area contributed by atoms with Gasteiger partial charge >= 0.3 is 0 Å². The minimum Gasteiger partial charge on any atom is -0.378 e. The fraction of sp³-hybridized carbons (Fsp3) is 0.959. The second kappa shape index (κ2) is 53.5. The van der Waals surface area contributed by atoms with Crippen LogP contribution >= 0.6 is 60.6 Å². The molecule has 0 rings (SSSR count). The summed E-state index contributed by atoms with van der Waals surface area (Å²) in [6.07, 6.45) is 3.20. The maximum atomic E-state index is 13.2. The monoisotopic (exact) mass is 1510 g/mol. The molecule has 0 fully saturated rings. The smallest absolute Gasteiger partial charge is 0.243 e. The lowest BCUT2D eigenvalue weighted by Gasteiger charge is -2.49. The van der Waals surface area contributed by atoms with E-state index in [1.165, 1.54) is 35.3 Å². The van der Waals surface area contributed by atoms with E-state index in [1.807, 2.05) is 6.92 Å². The Kier molecular flexibility index (Phi) is 53.9. The summed E-state index contributed by atoms with van der Waals surface area (Å²) in [5.41, 5.74) is 0. The first kappa shape index (κ1) is 98.7. The average Bonchev–Trinajstić information content (AvgIpc) is 0.819. The molecule has 0 aromatic carbocycles. The second-order valence-corrected chi connectivity index (χ2v) is 37.5. The SMILES string of the molecule is CCOC(COP(N(C(C)C)C(C)C)N(C(C)C)C(C)CCC(C)N(C(C)C)P(OCCOCCSC(=O)C[N+](CC)(CC)CC)N(C(C)C)C(C)CCC(C)N(C(C)C)P(OCOCCSC(=O)C[N+](CC)(CC)CC)N(C(C)C)C(C)C)OCCSC(=O)C[N+](CC)(CC)CC. The Balaban J connectivity index is 7.20. The number of likely N-dealkylation sites (N-methyl/N-ethyl adjacent to an activating group) is 3. The van der Waals surface area contributed by atoms with Crippen LogP contribution in [0, 0.1) is 0 Å². The Morgan fingerprint density at radius 1 is 0.327 bits per heavy atom. The van der Waals surface area contributed by atoms with Crippen LogP contribution in [0.15, 0.2) is 0 Å². The average molecular weight is 1510 g/mol. The number of rotatable bonds is 61. The van der Waals surface area contributed by atoms with Gasteiger partial charge in [0.05, 0.1) is 91.9 Å². The summed E-state index contributed by atoms with van der Waals surface area (Å²) in [6, 6.07) is 2.33. The molecule has 0 aliphatic heterocycles. The van der Waals surface area contributed by atoms with E-state index in [0.29, 0.717) is 76.5 Å². The molecule has 0 amide bonds. The first-order valence-electron chi connectivity index (χ1n) is 38.5. The van der Waals surface area contributed by atoms with Gasteiger partial charge in [-0.05, 0) is 233 Å². The maximum absolute atomic E-state index is 13.2. The minimum atomic E-state index is -1.31. The van der Waals surface area contributed by atoms with E-state index < -0.39 is 31.6 Å². The van der Waals surface area contributed by atoms with E-state index >= 15 is 0 Å². The normalized spacial score (nSPS) is 15.8. The number of nitrogens with zero attached hydrogens (tertiary/aromatic N) is 9. The molecule has 0 heterocycles. The highest BCUT2D eigenvalue weighted by Crippen LogP contribution is 2.55. The van der Waals surface area contributed by atoms with Gasteiger partial charge in [-0.3, -0.25) is 14.4 Å².